The number of ether oxygens (including phenoxy) is 1. The molecule has 0 unspecified atom stereocenters. The number of carbonyl (C=O) groups excluding carboxylic acids is 1. The van der Waals surface area contributed by atoms with Gasteiger partial charge in [0.15, 0.2) is 0 Å². The summed E-state index contributed by atoms with van der Waals surface area (Å²) in [6.07, 6.45) is 1.79. The first kappa shape index (κ1) is 23.2. The fourth-order valence-corrected chi connectivity index (χ4v) is 5.32. The van der Waals surface area contributed by atoms with Crippen molar-refractivity contribution in [3.8, 4) is 6.07 Å². The lowest BCUT2D eigenvalue weighted by atomic mass is 10.0. The van der Waals surface area contributed by atoms with Crippen LogP contribution in [0.15, 0.2) is 40.0 Å². The summed E-state index contributed by atoms with van der Waals surface area (Å²) in [5, 5.41) is 9.69. The molecule has 0 spiro atoms. The summed E-state index contributed by atoms with van der Waals surface area (Å²) < 4.78 is 7.61. The number of thioether (sulfide) groups is 1. The predicted molar refractivity (Wildman–Crippen MR) is 134 cm³/mol. The summed E-state index contributed by atoms with van der Waals surface area (Å²) >= 11 is 6.76. The Morgan fingerprint density at radius 1 is 1.21 bits per heavy atom. The monoisotopic (exact) mass is 480 g/mol. The van der Waals surface area contributed by atoms with Gasteiger partial charge in [0.05, 0.1) is 24.7 Å². The predicted octanol–water partition coefficient (Wildman–Crippen LogP) is 3.29. The fourth-order valence-electron chi connectivity index (χ4n) is 4.09. The second-order valence-corrected chi connectivity index (χ2v) is 9.43. The first-order chi connectivity index (χ1) is 16.0. The normalized spacial score (nSPS) is 17.7. The van der Waals surface area contributed by atoms with E-state index in [0.717, 1.165) is 11.4 Å². The van der Waals surface area contributed by atoms with Gasteiger partial charge in [-0.1, -0.05) is 54.3 Å². The number of morpholine rings is 1. The van der Waals surface area contributed by atoms with Gasteiger partial charge < -0.3 is 9.64 Å². The zero-order valence-electron chi connectivity index (χ0n) is 18.5. The molecular weight excluding hydrogens is 456 g/mol. The van der Waals surface area contributed by atoms with E-state index in [0.29, 0.717) is 59.7 Å². The molecule has 9 heteroatoms. The summed E-state index contributed by atoms with van der Waals surface area (Å²) in [5.74, 6) is 0.546. The molecule has 2 fully saturated rings. The molecule has 1 aromatic carbocycles. The van der Waals surface area contributed by atoms with Crippen molar-refractivity contribution in [2.75, 3.05) is 31.2 Å². The van der Waals surface area contributed by atoms with E-state index in [1.165, 1.54) is 11.8 Å². The summed E-state index contributed by atoms with van der Waals surface area (Å²) in [5.41, 5.74) is 2.05. The zero-order chi connectivity index (χ0) is 23.5. The Labute approximate surface area is 202 Å². The smallest absolute Gasteiger partial charge is 0.270 e. The number of carbonyl (C=O) groups is 1. The van der Waals surface area contributed by atoms with E-state index in [9.17, 15) is 14.9 Å². The van der Waals surface area contributed by atoms with Crippen LogP contribution in [0, 0.1) is 18.3 Å². The molecule has 7 nitrogen and oxygen atoms in total. The van der Waals surface area contributed by atoms with Gasteiger partial charge in [0.25, 0.3) is 11.5 Å². The minimum Gasteiger partial charge on any atom is -0.378 e. The molecule has 1 aromatic heterocycles. The van der Waals surface area contributed by atoms with Crippen LogP contribution in [0.5, 0.6) is 0 Å². The van der Waals surface area contributed by atoms with Crippen molar-refractivity contribution in [2.24, 2.45) is 0 Å². The second-order valence-electron chi connectivity index (χ2n) is 7.75. The second kappa shape index (κ2) is 9.91. The molecule has 170 valence electrons. The Morgan fingerprint density at radius 2 is 1.91 bits per heavy atom. The summed E-state index contributed by atoms with van der Waals surface area (Å²) in [6, 6.07) is 11.8. The van der Waals surface area contributed by atoms with E-state index in [-0.39, 0.29) is 17.0 Å². The van der Waals surface area contributed by atoms with E-state index < -0.39 is 0 Å². The highest BCUT2D eigenvalue weighted by molar-refractivity contribution is 8.26. The van der Waals surface area contributed by atoms with Gasteiger partial charge in [-0.2, -0.15) is 5.26 Å². The van der Waals surface area contributed by atoms with Crippen molar-refractivity contribution < 1.29 is 9.53 Å². The number of nitrogens with zero attached hydrogens (tertiary/aromatic N) is 4. The highest BCUT2D eigenvalue weighted by Gasteiger charge is 2.33. The quantitative estimate of drug-likeness (QED) is 0.480. The van der Waals surface area contributed by atoms with Crippen LogP contribution >= 0.6 is 24.0 Å². The first-order valence-electron chi connectivity index (χ1n) is 10.8. The number of hydrogen-bond acceptors (Lipinski definition) is 7. The molecule has 0 aliphatic carbocycles. The Kier molecular flexibility index (Phi) is 6.98. The number of pyridine rings is 1. The van der Waals surface area contributed by atoms with Crippen LogP contribution in [0.2, 0.25) is 0 Å². The summed E-state index contributed by atoms with van der Waals surface area (Å²) in [6.45, 7) is 6.81. The number of thiocarbonyl (C=S) groups is 1. The van der Waals surface area contributed by atoms with Crippen molar-refractivity contribution in [3.63, 3.8) is 0 Å². The van der Waals surface area contributed by atoms with Crippen LogP contribution in [0.25, 0.3) is 6.08 Å². The molecule has 2 aromatic rings. The highest BCUT2D eigenvalue weighted by atomic mass is 32.2. The molecular formula is C24H24N4O3S2. The van der Waals surface area contributed by atoms with Crippen LogP contribution in [-0.4, -0.2) is 46.0 Å². The van der Waals surface area contributed by atoms with Crippen LogP contribution in [0.4, 0.5) is 5.82 Å². The Bertz CT molecular complexity index is 1220. The molecule has 2 aliphatic heterocycles. The van der Waals surface area contributed by atoms with Crippen molar-refractivity contribution >= 4 is 46.1 Å². The zero-order valence-corrected chi connectivity index (χ0v) is 20.2. The van der Waals surface area contributed by atoms with Crippen LogP contribution in [0.3, 0.4) is 0 Å². The number of nitriles is 1. The maximum Gasteiger partial charge on any atom is 0.270 e. The van der Waals surface area contributed by atoms with Gasteiger partial charge in [-0.25, -0.2) is 0 Å². The molecule has 33 heavy (non-hydrogen) atoms. The lowest BCUT2D eigenvalue weighted by molar-refractivity contribution is -0.122. The van der Waals surface area contributed by atoms with Gasteiger partial charge in [-0.05, 0) is 31.1 Å². The highest BCUT2D eigenvalue weighted by Crippen LogP contribution is 2.36. The van der Waals surface area contributed by atoms with Gasteiger partial charge >= 0.3 is 0 Å². The number of rotatable bonds is 5. The lowest BCUT2D eigenvalue weighted by Crippen LogP contribution is -2.41. The number of amides is 1. The van der Waals surface area contributed by atoms with E-state index in [4.69, 9.17) is 17.0 Å². The van der Waals surface area contributed by atoms with Crippen LogP contribution in [0.1, 0.15) is 29.2 Å². The molecule has 0 N–H and O–H groups in total. The van der Waals surface area contributed by atoms with Gasteiger partial charge in [0.2, 0.25) is 0 Å². The lowest BCUT2D eigenvalue weighted by Gasteiger charge is -2.33. The maximum atomic E-state index is 13.3. The minimum absolute atomic E-state index is 0.0971. The Hall–Kier alpha value is -2.93. The Morgan fingerprint density at radius 3 is 2.55 bits per heavy atom. The SMILES string of the molecule is CCn1c(N2CCOCC2)c(/C=C2\SC(=S)N(Cc3ccccc3)C2=O)c(C)c(C#N)c1=O. The summed E-state index contributed by atoms with van der Waals surface area (Å²) in [7, 11) is 0. The van der Waals surface area contributed by atoms with Gasteiger partial charge in [-0.3, -0.25) is 19.1 Å². The average molecular weight is 481 g/mol. The molecule has 3 heterocycles. The van der Waals surface area contributed by atoms with E-state index in [1.54, 1.807) is 22.5 Å². The topological polar surface area (TPSA) is 78.6 Å². The first-order valence-corrected chi connectivity index (χ1v) is 12.0. The van der Waals surface area contributed by atoms with Gasteiger partial charge in [0, 0.05) is 25.2 Å². The Balaban J connectivity index is 1.81. The third-order valence-electron chi connectivity index (χ3n) is 5.81. The standard InChI is InChI=1S/C24H24N4O3S2/c1-3-27-21(26-9-11-31-12-10-26)18(16(2)19(14-25)22(27)29)13-20-23(30)28(24(32)33-20)15-17-7-5-4-6-8-17/h4-8,13H,3,9-12,15H2,1-2H3/b20-13-. The van der Waals surface area contributed by atoms with Crippen LogP contribution in [-0.2, 0) is 22.6 Å². The summed E-state index contributed by atoms with van der Waals surface area (Å²) in [4.78, 5) is 30.5. The molecule has 0 saturated carbocycles. The van der Waals surface area contributed by atoms with Gasteiger partial charge in [0.1, 0.15) is 21.8 Å². The van der Waals surface area contributed by atoms with E-state index in [2.05, 4.69) is 11.0 Å². The van der Waals surface area contributed by atoms with E-state index >= 15 is 0 Å². The van der Waals surface area contributed by atoms with Crippen LogP contribution < -0.4 is 10.5 Å². The number of hydrogen-bond donors (Lipinski definition) is 0. The molecule has 2 aliphatic rings. The molecule has 0 atom stereocenters. The van der Waals surface area contributed by atoms with E-state index in [1.807, 2.05) is 37.3 Å². The van der Waals surface area contributed by atoms with Gasteiger partial charge in [-0.15, -0.1) is 0 Å². The maximum absolute atomic E-state index is 13.3. The van der Waals surface area contributed by atoms with Crippen molar-refractivity contribution in [1.29, 1.82) is 5.26 Å². The molecule has 1 amide bonds. The fraction of sp³-hybridized carbons (Fsp3) is 0.333. The largest absolute Gasteiger partial charge is 0.378 e. The minimum atomic E-state index is -0.312. The average Bonchev–Trinajstić information content (AvgIpc) is 3.09. The molecule has 0 radical (unpaired) electrons. The third kappa shape index (κ3) is 4.47. The molecule has 4 rings (SSSR count). The van der Waals surface area contributed by atoms with Crippen molar-refractivity contribution in [1.82, 2.24) is 9.47 Å². The third-order valence-corrected chi connectivity index (χ3v) is 7.18. The van der Waals surface area contributed by atoms with Crippen molar-refractivity contribution in [2.45, 2.75) is 26.9 Å². The number of aromatic nitrogens is 1. The number of anilines is 1. The molecule has 0 bridgehead atoms. The number of benzene rings is 1. The van der Waals surface area contributed by atoms with Crippen molar-refractivity contribution in [3.05, 3.63) is 67.8 Å². The molecule has 2 saturated heterocycles.